The average molecular weight is 293 g/mol. The van der Waals surface area contributed by atoms with Gasteiger partial charge in [-0.2, -0.15) is 8.78 Å². The SMILES string of the molecule is C=C(OC)c1ccc(OC(F)(F)Br)c(C)c1. The van der Waals surface area contributed by atoms with Crippen LogP contribution in [0.4, 0.5) is 8.78 Å². The van der Waals surface area contributed by atoms with Crippen molar-refractivity contribution in [2.45, 2.75) is 11.9 Å². The number of methoxy groups -OCH3 is 1. The lowest BCUT2D eigenvalue weighted by Gasteiger charge is -2.14. The minimum absolute atomic E-state index is 0.106. The summed E-state index contributed by atoms with van der Waals surface area (Å²) in [5.41, 5.74) is 1.31. The van der Waals surface area contributed by atoms with Crippen LogP contribution in [-0.4, -0.2) is 12.1 Å². The maximum absolute atomic E-state index is 12.6. The molecule has 0 aromatic heterocycles. The van der Waals surface area contributed by atoms with Crippen LogP contribution in [0, 0.1) is 6.92 Å². The third kappa shape index (κ3) is 3.48. The molecule has 0 heterocycles. The topological polar surface area (TPSA) is 18.5 Å². The Labute approximate surface area is 101 Å². The van der Waals surface area contributed by atoms with Gasteiger partial charge in [0.05, 0.1) is 7.11 Å². The van der Waals surface area contributed by atoms with Crippen molar-refractivity contribution in [3.8, 4) is 5.75 Å². The van der Waals surface area contributed by atoms with Crippen LogP contribution in [0.5, 0.6) is 5.75 Å². The van der Waals surface area contributed by atoms with Gasteiger partial charge in [0.2, 0.25) is 0 Å². The summed E-state index contributed by atoms with van der Waals surface area (Å²) in [7, 11) is 1.49. The summed E-state index contributed by atoms with van der Waals surface area (Å²) in [4.78, 5) is 0. The molecular formula is C11H11BrF2O2. The van der Waals surface area contributed by atoms with Gasteiger partial charge in [-0.1, -0.05) is 6.58 Å². The van der Waals surface area contributed by atoms with E-state index in [0.717, 1.165) is 5.56 Å². The number of benzene rings is 1. The fourth-order valence-electron chi connectivity index (χ4n) is 1.18. The molecule has 2 nitrogen and oxygen atoms in total. The van der Waals surface area contributed by atoms with Crippen molar-refractivity contribution in [2.24, 2.45) is 0 Å². The molecule has 16 heavy (non-hydrogen) atoms. The first-order chi connectivity index (χ1) is 7.33. The Morgan fingerprint density at radius 2 is 2.06 bits per heavy atom. The van der Waals surface area contributed by atoms with E-state index in [1.807, 2.05) is 0 Å². The zero-order chi connectivity index (χ0) is 12.3. The first kappa shape index (κ1) is 13.0. The molecule has 0 bridgehead atoms. The van der Waals surface area contributed by atoms with Gasteiger partial charge in [0, 0.05) is 21.5 Å². The molecule has 0 aliphatic heterocycles. The Balaban J connectivity index is 2.96. The van der Waals surface area contributed by atoms with Gasteiger partial charge in [-0.25, -0.2) is 0 Å². The van der Waals surface area contributed by atoms with Gasteiger partial charge >= 0.3 is 5.02 Å². The summed E-state index contributed by atoms with van der Waals surface area (Å²) in [5.74, 6) is 0.579. The third-order valence-corrected chi connectivity index (χ3v) is 2.13. The van der Waals surface area contributed by atoms with Crippen LogP contribution in [0.1, 0.15) is 11.1 Å². The second-order valence-corrected chi connectivity index (χ2v) is 4.08. The van der Waals surface area contributed by atoms with Crippen molar-refractivity contribution in [3.05, 3.63) is 35.9 Å². The molecule has 0 spiro atoms. The van der Waals surface area contributed by atoms with Crippen LogP contribution in [0.3, 0.4) is 0 Å². The molecule has 88 valence electrons. The average Bonchev–Trinajstić information content (AvgIpc) is 2.18. The van der Waals surface area contributed by atoms with Gasteiger partial charge in [0.1, 0.15) is 11.5 Å². The number of halogens is 3. The maximum Gasteiger partial charge on any atom is 0.459 e. The predicted molar refractivity (Wildman–Crippen MR) is 61.7 cm³/mol. The van der Waals surface area contributed by atoms with Crippen molar-refractivity contribution >= 4 is 21.7 Å². The molecule has 5 heteroatoms. The summed E-state index contributed by atoms with van der Waals surface area (Å²) in [6, 6.07) is 4.72. The normalized spacial score (nSPS) is 11.1. The van der Waals surface area contributed by atoms with Crippen LogP contribution >= 0.6 is 15.9 Å². The monoisotopic (exact) mass is 292 g/mol. The quantitative estimate of drug-likeness (QED) is 0.618. The smallest absolute Gasteiger partial charge is 0.459 e. The molecule has 0 N–H and O–H groups in total. The van der Waals surface area contributed by atoms with Crippen molar-refractivity contribution in [1.29, 1.82) is 0 Å². The summed E-state index contributed by atoms with van der Waals surface area (Å²) >= 11 is 2.11. The maximum atomic E-state index is 12.6. The molecule has 0 saturated carbocycles. The number of rotatable bonds is 4. The van der Waals surface area contributed by atoms with Crippen LogP contribution < -0.4 is 4.74 Å². The van der Waals surface area contributed by atoms with Gasteiger partial charge in [0.25, 0.3) is 0 Å². The van der Waals surface area contributed by atoms with Gasteiger partial charge in [-0.3, -0.25) is 0 Å². The van der Waals surface area contributed by atoms with E-state index >= 15 is 0 Å². The Morgan fingerprint density at radius 1 is 1.44 bits per heavy atom. The largest absolute Gasteiger partial charge is 0.497 e. The fourth-order valence-corrected chi connectivity index (χ4v) is 1.35. The van der Waals surface area contributed by atoms with Gasteiger partial charge in [0.15, 0.2) is 0 Å². The van der Waals surface area contributed by atoms with Crippen LogP contribution in [0.15, 0.2) is 24.8 Å². The van der Waals surface area contributed by atoms with Crippen LogP contribution in [0.25, 0.3) is 5.76 Å². The molecule has 0 saturated heterocycles. The first-order valence-electron chi connectivity index (χ1n) is 4.43. The Kier molecular flexibility index (Phi) is 3.91. The van der Waals surface area contributed by atoms with E-state index in [0.29, 0.717) is 11.3 Å². The molecule has 1 aromatic carbocycles. The van der Waals surface area contributed by atoms with Crippen molar-refractivity contribution < 1.29 is 18.3 Å². The second kappa shape index (κ2) is 4.82. The second-order valence-electron chi connectivity index (χ2n) is 3.16. The van der Waals surface area contributed by atoms with Crippen molar-refractivity contribution in [3.63, 3.8) is 0 Å². The van der Waals surface area contributed by atoms with E-state index in [1.54, 1.807) is 19.1 Å². The molecule has 0 aliphatic carbocycles. The summed E-state index contributed by atoms with van der Waals surface area (Å²) < 4.78 is 34.5. The Hall–Kier alpha value is -1.10. The minimum atomic E-state index is -3.36. The van der Waals surface area contributed by atoms with Crippen molar-refractivity contribution in [1.82, 2.24) is 0 Å². The third-order valence-electron chi connectivity index (χ3n) is 1.97. The lowest BCUT2D eigenvalue weighted by atomic mass is 10.1. The molecule has 0 amide bonds. The zero-order valence-electron chi connectivity index (χ0n) is 8.89. The van der Waals surface area contributed by atoms with E-state index < -0.39 is 5.02 Å². The Bertz CT molecular complexity index is 399. The molecule has 0 aliphatic rings. The van der Waals surface area contributed by atoms with E-state index in [4.69, 9.17) is 4.74 Å². The van der Waals surface area contributed by atoms with E-state index in [1.165, 1.54) is 13.2 Å². The zero-order valence-corrected chi connectivity index (χ0v) is 10.5. The number of ether oxygens (including phenoxy) is 2. The highest BCUT2D eigenvalue weighted by Crippen LogP contribution is 2.30. The molecule has 0 fully saturated rings. The van der Waals surface area contributed by atoms with E-state index in [-0.39, 0.29) is 5.75 Å². The van der Waals surface area contributed by atoms with E-state index in [9.17, 15) is 8.78 Å². The summed E-state index contributed by atoms with van der Waals surface area (Å²) in [6.07, 6.45) is 0. The standard InChI is InChI=1S/C11H11BrF2O2/c1-7-6-9(8(2)15-3)4-5-10(7)16-11(12,13)14/h4-6H,2H2,1,3H3. The van der Waals surface area contributed by atoms with Crippen molar-refractivity contribution in [2.75, 3.05) is 7.11 Å². The molecular weight excluding hydrogens is 282 g/mol. The number of hydrogen-bond acceptors (Lipinski definition) is 2. The number of hydrogen-bond donors (Lipinski definition) is 0. The highest BCUT2D eigenvalue weighted by molar-refractivity contribution is 9.09. The van der Waals surface area contributed by atoms with E-state index in [2.05, 4.69) is 27.2 Å². The molecule has 1 rings (SSSR count). The lowest BCUT2D eigenvalue weighted by molar-refractivity contribution is -0.0807. The van der Waals surface area contributed by atoms with Gasteiger partial charge in [-0.15, -0.1) is 0 Å². The molecule has 1 aromatic rings. The Morgan fingerprint density at radius 3 is 2.50 bits per heavy atom. The summed E-state index contributed by atoms with van der Waals surface area (Å²) in [5, 5.41) is -3.36. The number of alkyl halides is 3. The first-order valence-corrected chi connectivity index (χ1v) is 5.22. The van der Waals surface area contributed by atoms with Crippen LogP contribution in [0.2, 0.25) is 0 Å². The van der Waals surface area contributed by atoms with Gasteiger partial charge < -0.3 is 9.47 Å². The predicted octanol–water partition coefficient (Wildman–Crippen LogP) is 3.94. The highest BCUT2D eigenvalue weighted by Gasteiger charge is 2.27. The lowest BCUT2D eigenvalue weighted by Crippen LogP contribution is -2.15. The summed E-state index contributed by atoms with van der Waals surface area (Å²) in [6.45, 7) is 5.34. The molecule has 0 atom stereocenters. The number of aryl methyl sites for hydroxylation is 1. The fraction of sp³-hybridized carbons (Fsp3) is 0.273. The van der Waals surface area contributed by atoms with Gasteiger partial charge in [-0.05, 0) is 30.7 Å². The van der Waals surface area contributed by atoms with Crippen LogP contribution in [-0.2, 0) is 4.74 Å². The molecule has 0 radical (unpaired) electrons. The highest BCUT2D eigenvalue weighted by atomic mass is 79.9. The molecule has 0 unspecified atom stereocenters. The minimum Gasteiger partial charge on any atom is -0.497 e.